The number of rotatable bonds is 6. The van der Waals surface area contributed by atoms with Crippen LogP contribution in [0.5, 0.6) is 0 Å². The molecule has 6 heteroatoms. The van der Waals surface area contributed by atoms with E-state index in [-0.39, 0.29) is 12.2 Å². The third-order valence-corrected chi connectivity index (χ3v) is 4.38. The Morgan fingerprint density at radius 1 is 0.923 bits per heavy atom. The Balaban J connectivity index is 1.40. The zero-order chi connectivity index (χ0) is 18.4. The van der Waals surface area contributed by atoms with E-state index >= 15 is 0 Å². The van der Waals surface area contributed by atoms with Crippen LogP contribution in [0.2, 0.25) is 0 Å². The van der Waals surface area contributed by atoms with Gasteiger partial charge in [-0.1, -0.05) is 30.3 Å². The van der Waals surface area contributed by atoms with Crippen LogP contribution >= 0.6 is 0 Å². The van der Waals surface area contributed by atoms with Gasteiger partial charge in [0, 0.05) is 11.4 Å². The first kappa shape index (κ1) is 18.2. The van der Waals surface area contributed by atoms with Gasteiger partial charge < -0.3 is 16.2 Å². The highest BCUT2D eigenvalue weighted by Gasteiger charge is 2.25. The van der Waals surface area contributed by atoms with E-state index < -0.39 is 5.97 Å². The van der Waals surface area contributed by atoms with E-state index in [4.69, 9.17) is 26.0 Å². The van der Waals surface area contributed by atoms with Gasteiger partial charge in [-0.05, 0) is 49.4 Å². The van der Waals surface area contributed by atoms with E-state index in [0.717, 1.165) is 31.2 Å². The van der Waals surface area contributed by atoms with Crippen molar-refractivity contribution >= 4 is 17.3 Å². The Hall–Kier alpha value is -2.57. The molecule has 0 radical (unpaired) electrons. The highest BCUT2D eigenvalue weighted by Crippen LogP contribution is 2.25. The van der Waals surface area contributed by atoms with Crippen LogP contribution in [0.15, 0.2) is 48.5 Å². The van der Waals surface area contributed by atoms with E-state index in [9.17, 15) is 4.79 Å². The van der Waals surface area contributed by atoms with Gasteiger partial charge >= 0.3 is 5.97 Å². The van der Waals surface area contributed by atoms with Crippen LogP contribution in [0, 0.1) is 0 Å². The van der Waals surface area contributed by atoms with Crippen LogP contribution in [0.3, 0.4) is 0 Å². The summed E-state index contributed by atoms with van der Waals surface area (Å²) in [7, 11) is 0. The SMILES string of the molecule is Nc1cc(N)cc(C(=O)OC2CCC(OOCc3ccccc3)CC2)c1. The predicted molar refractivity (Wildman–Crippen MR) is 99.0 cm³/mol. The molecule has 0 aliphatic heterocycles. The Kier molecular flexibility index (Phi) is 6.09. The molecule has 4 N–H and O–H groups in total. The smallest absolute Gasteiger partial charge is 0.338 e. The fourth-order valence-corrected chi connectivity index (χ4v) is 3.03. The van der Waals surface area contributed by atoms with Crippen molar-refractivity contribution in [3.63, 3.8) is 0 Å². The van der Waals surface area contributed by atoms with Gasteiger partial charge in [-0.25, -0.2) is 14.6 Å². The zero-order valence-electron chi connectivity index (χ0n) is 14.6. The number of carbonyl (C=O) groups is 1. The van der Waals surface area contributed by atoms with Crippen molar-refractivity contribution in [2.45, 2.75) is 44.5 Å². The quantitative estimate of drug-likeness (QED) is 0.356. The summed E-state index contributed by atoms with van der Waals surface area (Å²) in [6.45, 7) is 0.423. The van der Waals surface area contributed by atoms with Crippen LogP contribution in [0.1, 0.15) is 41.6 Å². The van der Waals surface area contributed by atoms with Crippen molar-refractivity contribution in [2.24, 2.45) is 0 Å². The van der Waals surface area contributed by atoms with Gasteiger partial charge in [-0.2, -0.15) is 0 Å². The van der Waals surface area contributed by atoms with Crippen LogP contribution < -0.4 is 11.5 Å². The van der Waals surface area contributed by atoms with E-state index in [1.54, 1.807) is 18.2 Å². The zero-order valence-corrected chi connectivity index (χ0v) is 14.6. The van der Waals surface area contributed by atoms with Crippen LogP contribution in [0.25, 0.3) is 0 Å². The predicted octanol–water partition coefficient (Wildman–Crippen LogP) is 3.47. The van der Waals surface area contributed by atoms with Gasteiger partial charge in [0.1, 0.15) is 12.7 Å². The highest BCUT2D eigenvalue weighted by atomic mass is 17.2. The van der Waals surface area contributed by atoms with Gasteiger partial charge in [0.15, 0.2) is 0 Å². The lowest BCUT2D eigenvalue weighted by Crippen LogP contribution is -2.28. The average Bonchev–Trinajstić information content (AvgIpc) is 2.63. The number of hydrogen-bond acceptors (Lipinski definition) is 6. The van der Waals surface area contributed by atoms with Gasteiger partial charge in [0.25, 0.3) is 0 Å². The summed E-state index contributed by atoms with van der Waals surface area (Å²) in [5.74, 6) is -0.395. The summed E-state index contributed by atoms with van der Waals surface area (Å²) in [6.07, 6.45) is 2.94. The maximum Gasteiger partial charge on any atom is 0.338 e. The van der Waals surface area contributed by atoms with Crippen molar-refractivity contribution in [1.82, 2.24) is 0 Å². The molecule has 0 unspecified atom stereocenters. The average molecular weight is 356 g/mol. The fraction of sp³-hybridized carbons (Fsp3) is 0.350. The maximum atomic E-state index is 12.2. The molecule has 0 heterocycles. The molecule has 0 bridgehead atoms. The Morgan fingerprint density at radius 3 is 2.19 bits per heavy atom. The monoisotopic (exact) mass is 356 g/mol. The minimum atomic E-state index is -0.395. The number of benzene rings is 2. The first-order valence-electron chi connectivity index (χ1n) is 8.79. The molecule has 26 heavy (non-hydrogen) atoms. The molecule has 138 valence electrons. The summed E-state index contributed by atoms with van der Waals surface area (Å²) < 4.78 is 5.56. The van der Waals surface area contributed by atoms with Crippen molar-refractivity contribution in [3.05, 3.63) is 59.7 Å². The number of hydrogen-bond donors (Lipinski definition) is 2. The van der Waals surface area contributed by atoms with E-state index in [2.05, 4.69) is 0 Å². The topological polar surface area (TPSA) is 96.8 Å². The Morgan fingerprint density at radius 2 is 1.54 bits per heavy atom. The molecule has 1 aliphatic rings. The molecule has 0 spiro atoms. The molecule has 1 fully saturated rings. The lowest BCUT2D eigenvalue weighted by molar-refractivity contribution is -0.338. The molecule has 0 aromatic heterocycles. The molecule has 1 saturated carbocycles. The molecule has 2 aromatic carbocycles. The maximum absolute atomic E-state index is 12.2. The second-order valence-electron chi connectivity index (χ2n) is 6.54. The van der Waals surface area contributed by atoms with Crippen LogP contribution in [0.4, 0.5) is 11.4 Å². The minimum Gasteiger partial charge on any atom is -0.459 e. The summed E-state index contributed by atoms with van der Waals surface area (Å²) in [6, 6.07) is 14.6. The summed E-state index contributed by atoms with van der Waals surface area (Å²) in [5, 5.41) is 0. The van der Waals surface area contributed by atoms with E-state index in [0.29, 0.717) is 23.5 Å². The lowest BCUT2D eigenvalue weighted by atomic mass is 9.95. The number of esters is 1. The molecule has 3 rings (SSSR count). The number of nitrogen functional groups attached to an aromatic ring is 2. The first-order chi connectivity index (χ1) is 12.6. The molecule has 6 nitrogen and oxygen atoms in total. The third kappa shape index (κ3) is 5.21. The summed E-state index contributed by atoms with van der Waals surface area (Å²) in [5.41, 5.74) is 13.8. The van der Waals surface area contributed by atoms with E-state index in [1.807, 2.05) is 30.3 Å². The van der Waals surface area contributed by atoms with Gasteiger partial charge in [0.05, 0.1) is 11.7 Å². The minimum absolute atomic E-state index is 0.0247. The highest BCUT2D eigenvalue weighted by molar-refractivity contribution is 5.91. The van der Waals surface area contributed by atoms with Crippen molar-refractivity contribution in [1.29, 1.82) is 0 Å². The van der Waals surface area contributed by atoms with Crippen molar-refractivity contribution < 1.29 is 19.3 Å². The standard InChI is InChI=1S/C20H24N2O4/c21-16-10-15(11-17(22)12-16)20(23)25-18-6-8-19(9-7-18)26-24-13-14-4-2-1-3-5-14/h1-5,10-12,18-19H,6-9,13,21-22H2. The van der Waals surface area contributed by atoms with Crippen LogP contribution in [-0.2, 0) is 21.1 Å². The molecule has 0 atom stereocenters. The third-order valence-electron chi connectivity index (χ3n) is 4.38. The fourth-order valence-electron chi connectivity index (χ4n) is 3.03. The largest absolute Gasteiger partial charge is 0.459 e. The number of carbonyl (C=O) groups excluding carboxylic acids is 1. The molecule has 0 amide bonds. The molecular weight excluding hydrogens is 332 g/mol. The van der Waals surface area contributed by atoms with Crippen molar-refractivity contribution in [3.8, 4) is 0 Å². The summed E-state index contributed by atoms with van der Waals surface area (Å²) >= 11 is 0. The van der Waals surface area contributed by atoms with Gasteiger partial charge in [-0.3, -0.25) is 0 Å². The van der Waals surface area contributed by atoms with Crippen molar-refractivity contribution in [2.75, 3.05) is 11.5 Å². The summed E-state index contributed by atoms with van der Waals surface area (Å²) in [4.78, 5) is 23.1. The molecule has 0 saturated heterocycles. The number of ether oxygens (including phenoxy) is 1. The molecule has 2 aromatic rings. The first-order valence-corrected chi connectivity index (χ1v) is 8.79. The van der Waals surface area contributed by atoms with Gasteiger partial charge in [-0.15, -0.1) is 0 Å². The van der Waals surface area contributed by atoms with E-state index in [1.165, 1.54) is 0 Å². The lowest BCUT2D eigenvalue weighted by Gasteiger charge is -2.27. The van der Waals surface area contributed by atoms with Gasteiger partial charge in [0.2, 0.25) is 0 Å². The molecule has 1 aliphatic carbocycles. The number of nitrogens with two attached hydrogens (primary N) is 2. The van der Waals surface area contributed by atoms with Crippen LogP contribution in [-0.4, -0.2) is 18.2 Å². The Bertz CT molecular complexity index is 708. The molecular formula is C20H24N2O4. The normalized spacial score (nSPS) is 19.8. The number of anilines is 2. The second kappa shape index (κ2) is 8.69. The second-order valence-corrected chi connectivity index (χ2v) is 6.54. The Labute approximate surface area is 153 Å².